The summed E-state index contributed by atoms with van der Waals surface area (Å²) in [6.45, 7) is 0. The lowest BCUT2D eigenvalue weighted by atomic mass is 10.2. The van der Waals surface area contributed by atoms with Crippen molar-refractivity contribution < 1.29 is 14.3 Å². The molecule has 0 saturated heterocycles. The van der Waals surface area contributed by atoms with E-state index in [4.69, 9.17) is 9.47 Å². The lowest BCUT2D eigenvalue weighted by Gasteiger charge is -2.06. The number of nitrogens with one attached hydrogen (secondary N) is 1. The summed E-state index contributed by atoms with van der Waals surface area (Å²) in [5.74, 6) is 1.52. The average Bonchev–Trinajstić information content (AvgIpc) is 3.16. The third-order valence-electron chi connectivity index (χ3n) is 3.87. The van der Waals surface area contributed by atoms with Crippen molar-refractivity contribution in [2.75, 3.05) is 19.5 Å². The number of carbonyl (C=O) groups excluding carboxylic acids is 1. The molecule has 1 aromatic heterocycles. The minimum Gasteiger partial charge on any atom is -0.497 e. The smallest absolute Gasteiger partial charge is 0.224 e. The van der Waals surface area contributed by atoms with Crippen LogP contribution < -0.4 is 14.8 Å². The first-order chi connectivity index (χ1) is 12.7. The summed E-state index contributed by atoms with van der Waals surface area (Å²) in [5.41, 5.74) is 2.62. The highest BCUT2D eigenvalue weighted by atomic mass is 32.1. The van der Waals surface area contributed by atoms with Crippen LogP contribution in [-0.4, -0.2) is 25.1 Å². The number of aryl methyl sites for hydroxylation is 1. The van der Waals surface area contributed by atoms with E-state index in [0.29, 0.717) is 12.8 Å². The summed E-state index contributed by atoms with van der Waals surface area (Å²) < 4.78 is 10.5. The fraction of sp³-hybridized carbons (Fsp3) is 0.200. The summed E-state index contributed by atoms with van der Waals surface area (Å²) in [6.07, 6.45) is 0.967. The van der Waals surface area contributed by atoms with E-state index in [1.165, 1.54) is 0 Å². The fourth-order valence-corrected chi connectivity index (χ4v) is 3.39. The van der Waals surface area contributed by atoms with Gasteiger partial charge in [0, 0.05) is 17.5 Å². The summed E-state index contributed by atoms with van der Waals surface area (Å²) in [7, 11) is 3.26. The van der Waals surface area contributed by atoms with Gasteiger partial charge in [0.1, 0.15) is 16.5 Å². The normalized spacial score (nSPS) is 10.4. The number of thiazole rings is 1. The molecule has 0 unspecified atom stereocenters. The molecule has 5 nitrogen and oxygen atoms in total. The molecule has 0 aliphatic heterocycles. The Hall–Kier alpha value is -2.86. The Morgan fingerprint density at radius 3 is 2.58 bits per heavy atom. The molecule has 0 fully saturated rings. The third-order valence-corrected chi connectivity index (χ3v) is 4.80. The standard InChI is InChI=1S/C20H20N2O3S/c1-24-16-10-7-14(8-11-16)21-19(23)12-9-15-13-26-20(22-15)17-5-3-4-6-18(17)25-2/h3-8,10-11,13H,9,12H2,1-2H3,(H,21,23). The summed E-state index contributed by atoms with van der Waals surface area (Å²) >= 11 is 1.56. The van der Waals surface area contributed by atoms with E-state index in [1.807, 2.05) is 53.9 Å². The molecule has 26 heavy (non-hydrogen) atoms. The zero-order valence-electron chi connectivity index (χ0n) is 14.7. The van der Waals surface area contributed by atoms with Crippen molar-refractivity contribution in [3.63, 3.8) is 0 Å². The highest BCUT2D eigenvalue weighted by molar-refractivity contribution is 7.13. The van der Waals surface area contributed by atoms with Gasteiger partial charge in [0.2, 0.25) is 5.91 Å². The monoisotopic (exact) mass is 368 g/mol. The molecule has 0 atom stereocenters. The second-order valence-corrected chi connectivity index (χ2v) is 6.48. The van der Waals surface area contributed by atoms with Crippen LogP contribution in [0.5, 0.6) is 11.5 Å². The highest BCUT2D eigenvalue weighted by Crippen LogP contribution is 2.32. The molecule has 0 aliphatic carbocycles. The van der Waals surface area contributed by atoms with Gasteiger partial charge >= 0.3 is 0 Å². The molecule has 1 amide bonds. The molecule has 3 rings (SSSR count). The van der Waals surface area contributed by atoms with Gasteiger partial charge in [-0.1, -0.05) is 12.1 Å². The van der Waals surface area contributed by atoms with Gasteiger partial charge in [-0.15, -0.1) is 11.3 Å². The van der Waals surface area contributed by atoms with E-state index in [2.05, 4.69) is 10.3 Å². The average molecular weight is 368 g/mol. The zero-order chi connectivity index (χ0) is 18.4. The van der Waals surface area contributed by atoms with Crippen LogP contribution in [0, 0.1) is 0 Å². The number of hydrogen-bond donors (Lipinski definition) is 1. The van der Waals surface area contributed by atoms with Crippen molar-refractivity contribution >= 4 is 22.9 Å². The molecule has 134 valence electrons. The molecule has 3 aromatic rings. The number of ether oxygens (including phenoxy) is 2. The highest BCUT2D eigenvalue weighted by Gasteiger charge is 2.11. The first-order valence-electron chi connectivity index (χ1n) is 8.21. The molecule has 0 saturated carbocycles. The number of aromatic nitrogens is 1. The molecule has 0 aliphatic rings. The van der Waals surface area contributed by atoms with Crippen LogP contribution in [0.4, 0.5) is 5.69 Å². The molecule has 6 heteroatoms. The molecule has 0 bridgehead atoms. The number of anilines is 1. The van der Waals surface area contributed by atoms with E-state index < -0.39 is 0 Å². The molecule has 1 N–H and O–H groups in total. The van der Waals surface area contributed by atoms with Crippen molar-refractivity contribution in [1.82, 2.24) is 4.98 Å². The Morgan fingerprint density at radius 2 is 1.85 bits per heavy atom. The minimum absolute atomic E-state index is 0.0398. The van der Waals surface area contributed by atoms with Gasteiger partial charge in [0.05, 0.1) is 25.5 Å². The first kappa shape index (κ1) is 17.9. The van der Waals surface area contributed by atoms with Crippen LogP contribution >= 0.6 is 11.3 Å². The predicted octanol–water partition coefficient (Wildman–Crippen LogP) is 4.40. The zero-order valence-corrected chi connectivity index (χ0v) is 15.5. The number of methoxy groups -OCH3 is 2. The van der Waals surface area contributed by atoms with Gasteiger partial charge in [-0.25, -0.2) is 4.98 Å². The number of hydrogen-bond acceptors (Lipinski definition) is 5. The Kier molecular flexibility index (Phi) is 5.86. The molecule has 0 radical (unpaired) electrons. The van der Waals surface area contributed by atoms with Crippen molar-refractivity contribution in [2.24, 2.45) is 0 Å². The number of amides is 1. The second kappa shape index (κ2) is 8.49. The molecule has 1 heterocycles. The molecule has 0 spiro atoms. The summed E-state index contributed by atoms with van der Waals surface area (Å²) in [5, 5.41) is 5.77. The Bertz CT molecular complexity index is 875. The van der Waals surface area contributed by atoms with Gasteiger partial charge in [-0.05, 0) is 42.8 Å². The van der Waals surface area contributed by atoms with Gasteiger partial charge in [-0.2, -0.15) is 0 Å². The second-order valence-electron chi connectivity index (χ2n) is 5.62. The number of para-hydroxylation sites is 1. The Labute approximate surface area is 156 Å². The lowest BCUT2D eigenvalue weighted by Crippen LogP contribution is -2.12. The molecular weight excluding hydrogens is 348 g/mol. The largest absolute Gasteiger partial charge is 0.497 e. The first-order valence-corrected chi connectivity index (χ1v) is 9.09. The maximum atomic E-state index is 12.1. The van der Waals surface area contributed by atoms with Gasteiger partial charge in [-0.3, -0.25) is 4.79 Å². The van der Waals surface area contributed by atoms with E-state index >= 15 is 0 Å². The van der Waals surface area contributed by atoms with Gasteiger partial charge < -0.3 is 14.8 Å². The van der Waals surface area contributed by atoms with E-state index in [1.54, 1.807) is 25.6 Å². The van der Waals surface area contributed by atoms with E-state index in [-0.39, 0.29) is 5.91 Å². The van der Waals surface area contributed by atoms with Crippen molar-refractivity contribution in [3.8, 4) is 22.1 Å². The molecular formula is C20H20N2O3S. The van der Waals surface area contributed by atoms with Gasteiger partial charge in [0.15, 0.2) is 0 Å². The summed E-state index contributed by atoms with van der Waals surface area (Å²) in [6, 6.07) is 15.1. The van der Waals surface area contributed by atoms with Crippen LogP contribution in [0.15, 0.2) is 53.9 Å². The number of carbonyl (C=O) groups is 1. The van der Waals surface area contributed by atoms with Gasteiger partial charge in [0.25, 0.3) is 0 Å². The SMILES string of the molecule is COc1ccc(NC(=O)CCc2csc(-c3ccccc3OC)n2)cc1. The maximum Gasteiger partial charge on any atom is 0.224 e. The quantitative estimate of drug-likeness (QED) is 0.671. The van der Waals surface area contributed by atoms with Crippen LogP contribution in [0.1, 0.15) is 12.1 Å². The molecule has 2 aromatic carbocycles. The predicted molar refractivity (Wildman–Crippen MR) is 104 cm³/mol. The van der Waals surface area contributed by atoms with Crippen LogP contribution in [0.25, 0.3) is 10.6 Å². The van der Waals surface area contributed by atoms with Crippen LogP contribution in [-0.2, 0) is 11.2 Å². The minimum atomic E-state index is -0.0398. The lowest BCUT2D eigenvalue weighted by molar-refractivity contribution is -0.116. The Morgan fingerprint density at radius 1 is 1.08 bits per heavy atom. The Balaban J connectivity index is 1.58. The number of rotatable bonds is 7. The topological polar surface area (TPSA) is 60.5 Å². The van der Waals surface area contributed by atoms with E-state index in [0.717, 1.165) is 33.5 Å². The summed E-state index contributed by atoms with van der Waals surface area (Å²) in [4.78, 5) is 16.8. The number of nitrogens with zero attached hydrogens (tertiary/aromatic N) is 1. The van der Waals surface area contributed by atoms with Crippen LogP contribution in [0.3, 0.4) is 0 Å². The fourth-order valence-electron chi connectivity index (χ4n) is 2.51. The van der Waals surface area contributed by atoms with Crippen molar-refractivity contribution in [1.29, 1.82) is 0 Å². The van der Waals surface area contributed by atoms with E-state index in [9.17, 15) is 4.79 Å². The van der Waals surface area contributed by atoms with Crippen molar-refractivity contribution in [3.05, 3.63) is 59.6 Å². The maximum absolute atomic E-state index is 12.1. The number of benzene rings is 2. The van der Waals surface area contributed by atoms with Crippen LogP contribution in [0.2, 0.25) is 0 Å². The van der Waals surface area contributed by atoms with Crippen molar-refractivity contribution in [2.45, 2.75) is 12.8 Å². The third kappa shape index (κ3) is 4.40.